The molecule has 3 nitrogen and oxygen atoms in total. The molecule has 104 valence electrons. The average Bonchev–Trinajstić information content (AvgIpc) is 2.69. The third-order valence-electron chi connectivity index (χ3n) is 3.44. The van der Waals surface area contributed by atoms with Crippen LogP contribution >= 0.6 is 23.2 Å². The molecule has 0 radical (unpaired) electrons. The first-order valence-corrected chi connectivity index (χ1v) is 7.32. The van der Waals surface area contributed by atoms with Crippen LogP contribution in [0.1, 0.15) is 12.7 Å². The van der Waals surface area contributed by atoms with Crippen LogP contribution in [-0.4, -0.2) is 40.5 Å². The minimum atomic E-state index is 0.405. The Hall–Kier alpha value is -0.770. The van der Waals surface area contributed by atoms with Crippen molar-refractivity contribution in [2.45, 2.75) is 25.9 Å². The van der Waals surface area contributed by atoms with Crippen molar-refractivity contribution in [1.82, 2.24) is 14.5 Å². The minimum absolute atomic E-state index is 0.405. The highest BCUT2D eigenvalue weighted by molar-refractivity contribution is 6.35. The van der Waals surface area contributed by atoms with Gasteiger partial charge in [-0.05, 0) is 33.2 Å². The fraction of sp³-hybridized carbons (Fsp3) is 0.500. The number of hydrogen-bond donors (Lipinski definition) is 0. The maximum Gasteiger partial charge on any atom is 0.111 e. The van der Waals surface area contributed by atoms with E-state index in [0.29, 0.717) is 11.9 Å². The van der Waals surface area contributed by atoms with Crippen LogP contribution in [0.3, 0.4) is 0 Å². The summed E-state index contributed by atoms with van der Waals surface area (Å²) >= 11 is 12.2. The van der Waals surface area contributed by atoms with Gasteiger partial charge in [0, 0.05) is 24.9 Å². The predicted octanol–water partition coefficient (Wildman–Crippen LogP) is 3.42. The number of fused-ring (bicyclic) bond motifs is 1. The zero-order valence-corrected chi connectivity index (χ0v) is 13.0. The van der Waals surface area contributed by atoms with Gasteiger partial charge in [0.2, 0.25) is 0 Å². The van der Waals surface area contributed by atoms with Crippen molar-refractivity contribution in [1.29, 1.82) is 0 Å². The first-order valence-electron chi connectivity index (χ1n) is 6.40. The second-order valence-electron chi connectivity index (χ2n) is 5.00. The van der Waals surface area contributed by atoms with Gasteiger partial charge < -0.3 is 9.47 Å². The van der Waals surface area contributed by atoms with Gasteiger partial charge in [-0.25, -0.2) is 4.98 Å². The van der Waals surface area contributed by atoms with Crippen LogP contribution < -0.4 is 0 Å². The SMILES string of the molecule is CC(Cn1c(CCCl)nc2cccc(Cl)c21)N(C)C. The van der Waals surface area contributed by atoms with Gasteiger partial charge in [-0.15, -0.1) is 11.6 Å². The first kappa shape index (κ1) is 14.6. The Kier molecular flexibility index (Phi) is 4.71. The molecule has 0 fully saturated rings. The molecule has 0 aliphatic heterocycles. The summed E-state index contributed by atoms with van der Waals surface area (Å²) in [6.07, 6.45) is 0.757. The molecule has 1 atom stereocenters. The second kappa shape index (κ2) is 6.12. The summed E-state index contributed by atoms with van der Waals surface area (Å²) in [7, 11) is 4.15. The van der Waals surface area contributed by atoms with Gasteiger partial charge in [0.1, 0.15) is 5.82 Å². The molecule has 0 aliphatic rings. The van der Waals surface area contributed by atoms with Crippen molar-refractivity contribution >= 4 is 34.2 Å². The van der Waals surface area contributed by atoms with Crippen molar-refractivity contribution in [2.75, 3.05) is 20.0 Å². The molecule has 1 aromatic heterocycles. The molecule has 0 saturated carbocycles. The van der Waals surface area contributed by atoms with Crippen LogP contribution in [0.5, 0.6) is 0 Å². The van der Waals surface area contributed by atoms with Crippen LogP contribution in [0.15, 0.2) is 18.2 Å². The van der Waals surface area contributed by atoms with Gasteiger partial charge in [0.25, 0.3) is 0 Å². The molecule has 0 aliphatic carbocycles. The molecule has 1 unspecified atom stereocenters. The minimum Gasteiger partial charge on any atom is -0.325 e. The lowest BCUT2D eigenvalue weighted by molar-refractivity contribution is 0.284. The highest BCUT2D eigenvalue weighted by Gasteiger charge is 2.15. The second-order valence-corrected chi connectivity index (χ2v) is 5.78. The standard InChI is InChI=1S/C14H19Cl2N3/c1-10(18(2)3)9-19-13(7-8-15)17-12-6-4-5-11(16)14(12)19/h4-6,10H,7-9H2,1-3H3. The third-order valence-corrected chi connectivity index (χ3v) is 3.94. The summed E-state index contributed by atoms with van der Waals surface area (Å²) in [4.78, 5) is 6.84. The van der Waals surface area contributed by atoms with E-state index in [4.69, 9.17) is 23.2 Å². The maximum absolute atomic E-state index is 6.33. The van der Waals surface area contributed by atoms with Crippen molar-refractivity contribution in [2.24, 2.45) is 0 Å². The van der Waals surface area contributed by atoms with Gasteiger partial charge >= 0.3 is 0 Å². The van der Waals surface area contributed by atoms with E-state index < -0.39 is 0 Å². The van der Waals surface area contributed by atoms with Crippen LogP contribution in [0.4, 0.5) is 0 Å². The fourth-order valence-electron chi connectivity index (χ4n) is 2.09. The Morgan fingerprint density at radius 3 is 2.74 bits per heavy atom. The van der Waals surface area contributed by atoms with Crippen LogP contribution in [0.25, 0.3) is 11.0 Å². The van der Waals surface area contributed by atoms with E-state index in [1.807, 2.05) is 18.2 Å². The normalized spacial score (nSPS) is 13.4. The summed E-state index contributed by atoms with van der Waals surface area (Å²) in [5.41, 5.74) is 1.96. The van der Waals surface area contributed by atoms with Crippen LogP contribution in [-0.2, 0) is 13.0 Å². The number of aromatic nitrogens is 2. The van der Waals surface area contributed by atoms with Gasteiger partial charge in [-0.2, -0.15) is 0 Å². The number of nitrogens with zero attached hydrogens (tertiary/aromatic N) is 3. The van der Waals surface area contributed by atoms with Crippen molar-refractivity contribution < 1.29 is 0 Å². The molecule has 0 amide bonds. The van der Waals surface area contributed by atoms with E-state index in [1.165, 1.54) is 0 Å². The maximum atomic E-state index is 6.33. The number of imidazole rings is 1. The van der Waals surface area contributed by atoms with E-state index >= 15 is 0 Å². The smallest absolute Gasteiger partial charge is 0.111 e. The highest BCUT2D eigenvalue weighted by atomic mass is 35.5. The van der Waals surface area contributed by atoms with Crippen LogP contribution in [0.2, 0.25) is 5.02 Å². The molecule has 1 aromatic carbocycles. The van der Waals surface area contributed by atoms with E-state index in [9.17, 15) is 0 Å². The molecule has 1 heterocycles. The average molecular weight is 300 g/mol. The van der Waals surface area contributed by atoms with Crippen molar-refractivity contribution in [3.63, 3.8) is 0 Å². The molecule has 0 N–H and O–H groups in total. The number of alkyl halides is 1. The Morgan fingerprint density at radius 2 is 2.11 bits per heavy atom. The fourth-order valence-corrected chi connectivity index (χ4v) is 2.53. The van der Waals surface area contributed by atoms with Crippen molar-refractivity contribution in [3.8, 4) is 0 Å². The summed E-state index contributed by atoms with van der Waals surface area (Å²) < 4.78 is 2.20. The van der Waals surface area contributed by atoms with Gasteiger partial charge in [0.15, 0.2) is 0 Å². The Balaban J connectivity index is 2.51. The summed E-state index contributed by atoms with van der Waals surface area (Å²) in [5.74, 6) is 1.57. The van der Waals surface area contributed by atoms with Gasteiger partial charge in [0.05, 0.1) is 16.1 Å². The van der Waals surface area contributed by atoms with Crippen molar-refractivity contribution in [3.05, 3.63) is 29.0 Å². The summed E-state index contributed by atoms with van der Waals surface area (Å²) in [6.45, 7) is 3.05. The summed E-state index contributed by atoms with van der Waals surface area (Å²) in [5, 5.41) is 0.747. The number of halogens is 2. The monoisotopic (exact) mass is 299 g/mol. The third kappa shape index (κ3) is 3.04. The molecular formula is C14H19Cl2N3. The molecule has 0 bridgehead atoms. The predicted molar refractivity (Wildman–Crippen MR) is 82.3 cm³/mol. The largest absolute Gasteiger partial charge is 0.325 e. The Bertz CT molecular complexity index is 563. The number of benzene rings is 1. The van der Waals surface area contributed by atoms with E-state index in [2.05, 4.69) is 35.5 Å². The molecule has 19 heavy (non-hydrogen) atoms. The quantitative estimate of drug-likeness (QED) is 0.789. The molecule has 2 rings (SSSR count). The highest BCUT2D eigenvalue weighted by Crippen LogP contribution is 2.25. The zero-order valence-electron chi connectivity index (χ0n) is 11.5. The van der Waals surface area contributed by atoms with Crippen LogP contribution in [0, 0.1) is 0 Å². The lowest BCUT2D eigenvalue weighted by Crippen LogP contribution is -2.29. The number of aryl methyl sites for hydroxylation is 1. The van der Waals surface area contributed by atoms with Gasteiger partial charge in [-0.3, -0.25) is 0 Å². The molecular weight excluding hydrogens is 281 g/mol. The number of rotatable bonds is 5. The molecule has 5 heteroatoms. The molecule has 0 spiro atoms. The zero-order chi connectivity index (χ0) is 14.0. The van der Waals surface area contributed by atoms with E-state index in [0.717, 1.165) is 34.8 Å². The summed E-state index contributed by atoms with van der Waals surface area (Å²) in [6, 6.07) is 6.24. The van der Waals surface area contributed by atoms with E-state index in [-0.39, 0.29) is 0 Å². The number of para-hydroxylation sites is 1. The lowest BCUT2D eigenvalue weighted by Gasteiger charge is -2.22. The number of likely N-dealkylation sites (N-methyl/N-ethyl adjacent to an activating group) is 1. The number of hydrogen-bond acceptors (Lipinski definition) is 2. The topological polar surface area (TPSA) is 21.1 Å². The van der Waals surface area contributed by atoms with E-state index in [1.54, 1.807) is 0 Å². The molecule has 0 saturated heterocycles. The first-order chi connectivity index (χ1) is 9.04. The molecule has 2 aromatic rings. The lowest BCUT2D eigenvalue weighted by atomic mass is 10.2. The Labute approximate surface area is 124 Å². The van der Waals surface area contributed by atoms with Gasteiger partial charge in [-0.1, -0.05) is 17.7 Å². The Morgan fingerprint density at radius 1 is 1.37 bits per heavy atom.